The first-order valence-corrected chi connectivity index (χ1v) is 8.70. The van der Waals surface area contributed by atoms with Crippen LogP contribution in [-0.4, -0.2) is 34.1 Å². The minimum atomic E-state index is -3.67. The standard InChI is InChI=1S/C15H22N2O4S/c1-11-3-4-13(9-12(11)2)22(19,20)17-10-15(14(16)18)5-7-21-8-6-15/h3-4,9,17H,5-8,10H2,1-2H3,(H2,16,18). The van der Waals surface area contributed by atoms with Crippen molar-refractivity contribution in [3.05, 3.63) is 29.3 Å². The van der Waals surface area contributed by atoms with E-state index in [9.17, 15) is 13.2 Å². The van der Waals surface area contributed by atoms with Crippen molar-refractivity contribution < 1.29 is 17.9 Å². The number of hydrogen-bond acceptors (Lipinski definition) is 4. The number of primary amides is 1. The van der Waals surface area contributed by atoms with Crippen LogP contribution >= 0.6 is 0 Å². The third kappa shape index (κ3) is 3.48. The predicted octanol–water partition coefficient (Wildman–Crippen LogP) is 0.864. The first-order chi connectivity index (χ1) is 10.3. The van der Waals surface area contributed by atoms with E-state index in [4.69, 9.17) is 10.5 Å². The maximum absolute atomic E-state index is 12.4. The van der Waals surface area contributed by atoms with Crippen LogP contribution in [0.15, 0.2) is 23.1 Å². The van der Waals surface area contributed by atoms with E-state index < -0.39 is 21.3 Å². The molecule has 1 aliphatic heterocycles. The minimum Gasteiger partial charge on any atom is -0.381 e. The monoisotopic (exact) mass is 326 g/mol. The van der Waals surface area contributed by atoms with Crippen LogP contribution in [0.25, 0.3) is 0 Å². The zero-order chi connectivity index (χ0) is 16.4. The van der Waals surface area contributed by atoms with Crippen molar-refractivity contribution in [2.24, 2.45) is 11.1 Å². The van der Waals surface area contributed by atoms with Crippen LogP contribution < -0.4 is 10.5 Å². The summed E-state index contributed by atoms with van der Waals surface area (Å²) in [7, 11) is -3.67. The van der Waals surface area contributed by atoms with Crippen LogP contribution in [0.1, 0.15) is 24.0 Å². The van der Waals surface area contributed by atoms with Crippen molar-refractivity contribution in [3.63, 3.8) is 0 Å². The average molecular weight is 326 g/mol. The molecule has 1 amide bonds. The molecule has 1 aromatic carbocycles. The van der Waals surface area contributed by atoms with Crippen LogP contribution in [0.2, 0.25) is 0 Å². The van der Waals surface area contributed by atoms with Gasteiger partial charge >= 0.3 is 0 Å². The number of aryl methyl sites for hydroxylation is 2. The van der Waals surface area contributed by atoms with E-state index in [1.165, 1.54) is 0 Å². The highest BCUT2D eigenvalue weighted by Crippen LogP contribution is 2.30. The van der Waals surface area contributed by atoms with E-state index in [0.29, 0.717) is 26.1 Å². The number of carbonyl (C=O) groups excluding carboxylic acids is 1. The Morgan fingerprint density at radius 2 is 1.91 bits per heavy atom. The van der Waals surface area contributed by atoms with Crippen molar-refractivity contribution in [2.45, 2.75) is 31.6 Å². The third-order valence-corrected chi connectivity index (χ3v) is 5.76. The van der Waals surface area contributed by atoms with Crippen LogP contribution in [0.5, 0.6) is 0 Å². The number of sulfonamides is 1. The highest BCUT2D eigenvalue weighted by molar-refractivity contribution is 7.89. The largest absolute Gasteiger partial charge is 0.381 e. The molecule has 1 saturated heterocycles. The highest BCUT2D eigenvalue weighted by Gasteiger charge is 2.39. The molecular weight excluding hydrogens is 304 g/mol. The first-order valence-electron chi connectivity index (χ1n) is 7.21. The molecular formula is C15H22N2O4S. The number of nitrogens with two attached hydrogens (primary N) is 1. The molecule has 3 N–H and O–H groups in total. The van der Waals surface area contributed by atoms with Gasteiger partial charge in [0.05, 0.1) is 10.3 Å². The molecule has 1 heterocycles. The van der Waals surface area contributed by atoms with Gasteiger partial charge in [0.25, 0.3) is 0 Å². The van der Waals surface area contributed by atoms with Crippen molar-refractivity contribution in [3.8, 4) is 0 Å². The molecule has 0 aromatic heterocycles. The van der Waals surface area contributed by atoms with Gasteiger partial charge in [-0.2, -0.15) is 0 Å². The lowest BCUT2D eigenvalue weighted by atomic mass is 9.80. The SMILES string of the molecule is Cc1ccc(S(=O)(=O)NCC2(C(N)=O)CCOCC2)cc1C. The van der Waals surface area contributed by atoms with Crippen LogP contribution in [-0.2, 0) is 19.6 Å². The molecule has 0 unspecified atom stereocenters. The Balaban J connectivity index is 2.17. The van der Waals surface area contributed by atoms with Crippen molar-refractivity contribution in [2.75, 3.05) is 19.8 Å². The van der Waals surface area contributed by atoms with Gasteiger partial charge in [0.15, 0.2) is 0 Å². The number of carbonyl (C=O) groups is 1. The Kier molecular flexibility index (Phi) is 4.89. The van der Waals surface area contributed by atoms with Crippen molar-refractivity contribution in [1.29, 1.82) is 0 Å². The summed E-state index contributed by atoms with van der Waals surface area (Å²) in [5.74, 6) is -0.487. The lowest BCUT2D eigenvalue weighted by Crippen LogP contribution is -2.49. The van der Waals surface area contributed by atoms with E-state index in [-0.39, 0.29) is 11.4 Å². The molecule has 0 aliphatic carbocycles. The lowest BCUT2D eigenvalue weighted by Gasteiger charge is -2.34. The van der Waals surface area contributed by atoms with Gasteiger partial charge in [0.2, 0.25) is 15.9 Å². The number of nitrogens with one attached hydrogen (secondary N) is 1. The van der Waals surface area contributed by atoms with Gasteiger partial charge in [0, 0.05) is 19.8 Å². The zero-order valence-electron chi connectivity index (χ0n) is 12.9. The van der Waals surface area contributed by atoms with E-state index in [1.54, 1.807) is 18.2 Å². The normalized spacial score (nSPS) is 18.1. The molecule has 7 heteroatoms. The zero-order valence-corrected chi connectivity index (χ0v) is 13.7. The molecule has 2 rings (SSSR count). The summed E-state index contributed by atoms with van der Waals surface area (Å²) in [5, 5.41) is 0. The topological polar surface area (TPSA) is 98.5 Å². The molecule has 22 heavy (non-hydrogen) atoms. The smallest absolute Gasteiger partial charge is 0.240 e. The molecule has 6 nitrogen and oxygen atoms in total. The Morgan fingerprint density at radius 1 is 1.27 bits per heavy atom. The fourth-order valence-corrected chi connectivity index (χ4v) is 3.68. The molecule has 1 aliphatic rings. The van der Waals surface area contributed by atoms with Crippen molar-refractivity contribution >= 4 is 15.9 Å². The summed E-state index contributed by atoms with van der Waals surface area (Å²) in [4.78, 5) is 12.0. The minimum absolute atomic E-state index is 0.000943. The molecule has 1 fully saturated rings. The van der Waals surface area contributed by atoms with Gasteiger partial charge < -0.3 is 10.5 Å². The summed E-state index contributed by atoms with van der Waals surface area (Å²) < 4.78 is 32.6. The maximum atomic E-state index is 12.4. The van der Waals surface area contributed by atoms with E-state index >= 15 is 0 Å². The Labute approximate surface area is 131 Å². The Bertz CT molecular complexity index is 664. The van der Waals surface area contributed by atoms with Gasteiger partial charge in [-0.3, -0.25) is 4.79 Å². The Morgan fingerprint density at radius 3 is 2.45 bits per heavy atom. The van der Waals surface area contributed by atoms with E-state index in [2.05, 4.69) is 4.72 Å². The second kappa shape index (κ2) is 6.36. The fourth-order valence-electron chi connectivity index (χ4n) is 2.47. The number of ether oxygens (including phenoxy) is 1. The first kappa shape index (κ1) is 16.9. The summed E-state index contributed by atoms with van der Waals surface area (Å²) in [6, 6.07) is 4.95. The second-order valence-corrected chi connectivity index (χ2v) is 7.59. The number of hydrogen-bond donors (Lipinski definition) is 2. The molecule has 0 bridgehead atoms. The van der Waals surface area contributed by atoms with Crippen molar-refractivity contribution in [1.82, 2.24) is 4.72 Å². The van der Waals surface area contributed by atoms with E-state index in [1.807, 2.05) is 13.8 Å². The highest BCUT2D eigenvalue weighted by atomic mass is 32.2. The second-order valence-electron chi connectivity index (χ2n) is 5.83. The maximum Gasteiger partial charge on any atom is 0.240 e. The van der Waals surface area contributed by atoms with Crippen LogP contribution in [0.3, 0.4) is 0 Å². The molecule has 0 saturated carbocycles. The molecule has 0 atom stereocenters. The third-order valence-electron chi connectivity index (χ3n) is 4.36. The van der Waals surface area contributed by atoms with Crippen LogP contribution in [0.4, 0.5) is 0 Å². The fraction of sp³-hybridized carbons (Fsp3) is 0.533. The number of benzene rings is 1. The molecule has 0 spiro atoms. The summed E-state index contributed by atoms with van der Waals surface area (Å²) in [5.41, 5.74) is 6.54. The van der Waals surface area contributed by atoms with Crippen LogP contribution in [0, 0.1) is 19.3 Å². The van der Waals surface area contributed by atoms with Gasteiger partial charge in [-0.25, -0.2) is 13.1 Å². The molecule has 1 aromatic rings. The number of rotatable bonds is 5. The quantitative estimate of drug-likeness (QED) is 0.838. The van der Waals surface area contributed by atoms with E-state index in [0.717, 1.165) is 11.1 Å². The van der Waals surface area contributed by atoms with Gasteiger partial charge in [-0.1, -0.05) is 6.07 Å². The summed E-state index contributed by atoms with van der Waals surface area (Å²) in [6.07, 6.45) is 0.857. The molecule has 0 radical (unpaired) electrons. The summed E-state index contributed by atoms with van der Waals surface area (Å²) in [6.45, 7) is 4.60. The molecule has 122 valence electrons. The van der Waals surface area contributed by atoms with Gasteiger partial charge in [0.1, 0.15) is 0 Å². The predicted molar refractivity (Wildman–Crippen MR) is 82.8 cm³/mol. The average Bonchev–Trinajstić information content (AvgIpc) is 2.49. The summed E-state index contributed by atoms with van der Waals surface area (Å²) >= 11 is 0. The van der Waals surface area contributed by atoms with Gasteiger partial charge in [-0.05, 0) is 49.9 Å². The Hall–Kier alpha value is -1.44. The number of amides is 1. The lowest BCUT2D eigenvalue weighted by molar-refractivity contribution is -0.132. The van der Waals surface area contributed by atoms with Gasteiger partial charge in [-0.15, -0.1) is 0 Å².